The molecule has 0 radical (unpaired) electrons. The van der Waals surface area contributed by atoms with E-state index in [9.17, 15) is 9.59 Å². The fourth-order valence-electron chi connectivity index (χ4n) is 0.452. The number of ether oxygens (including phenoxy) is 1. The summed E-state index contributed by atoms with van der Waals surface area (Å²) in [6.07, 6.45) is -0.400. The second-order valence-corrected chi connectivity index (χ2v) is 1.80. The summed E-state index contributed by atoms with van der Waals surface area (Å²) in [7, 11) is 1.15. The maximum absolute atomic E-state index is 10.5. The number of methoxy groups -OCH3 is 1. The molecule has 64 valence electrons. The van der Waals surface area contributed by atoms with Gasteiger partial charge in [-0.3, -0.25) is 4.79 Å². The molecule has 0 aromatic rings. The van der Waals surface area contributed by atoms with Crippen molar-refractivity contribution in [1.29, 1.82) is 0 Å². The summed E-state index contributed by atoms with van der Waals surface area (Å²) in [5, 5.41) is 7.78. The zero-order valence-corrected chi connectivity index (χ0v) is 5.94. The minimum Gasteiger partial charge on any atom is -0.468 e. The van der Waals surface area contributed by atoms with E-state index in [-0.39, 0.29) is 0 Å². The molecule has 0 aliphatic rings. The van der Waals surface area contributed by atoms with Crippen LogP contribution in [0.15, 0.2) is 0 Å². The van der Waals surface area contributed by atoms with Crippen LogP contribution in [0.3, 0.4) is 0 Å². The third kappa shape index (κ3) is 3.54. The van der Waals surface area contributed by atoms with Crippen molar-refractivity contribution in [3.05, 3.63) is 0 Å². The van der Waals surface area contributed by atoms with Gasteiger partial charge in [-0.1, -0.05) is 0 Å². The third-order valence-corrected chi connectivity index (χ3v) is 0.992. The lowest BCUT2D eigenvalue weighted by atomic mass is 10.2. The van der Waals surface area contributed by atoms with E-state index < -0.39 is 24.4 Å². The van der Waals surface area contributed by atoms with Gasteiger partial charge in [0.2, 0.25) is 0 Å². The van der Waals surface area contributed by atoms with Gasteiger partial charge < -0.3 is 15.4 Å². The predicted octanol–water partition coefficient (Wildman–Crippen LogP) is -1.11. The van der Waals surface area contributed by atoms with E-state index >= 15 is 0 Å². The molecule has 0 spiro atoms. The molecule has 0 aromatic carbocycles. The van der Waals surface area contributed by atoms with Crippen molar-refractivity contribution in [2.45, 2.75) is 12.5 Å². The van der Waals surface area contributed by atoms with Crippen LogP contribution in [0.4, 0.5) is 0 Å². The summed E-state index contributed by atoms with van der Waals surface area (Å²) >= 11 is 0. The summed E-state index contributed by atoms with van der Waals surface area (Å²) in [6.45, 7) is 0. The molecule has 0 fully saturated rings. The number of rotatable bonds is 3. The monoisotopic (exact) mass is 163 g/mol. The van der Waals surface area contributed by atoms with Crippen LogP contribution in [-0.2, 0) is 19.2 Å². The standard InChI is InChI=1S/C5H9NO5/c1-10-5(8)3(6)2-4(7)11-9/h3,9H,2,6H2,1H3. The first-order valence-corrected chi connectivity index (χ1v) is 2.79. The Morgan fingerprint density at radius 3 is 2.55 bits per heavy atom. The van der Waals surface area contributed by atoms with Crippen molar-refractivity contribution in [3.8, 4) is 0 Å². The van der Waals surface area contributed by atoms with E-state index in [1.54, 1.807) is 0 Å². The lowest BCUT2D eigenvalue weighted by molar-refractivity contribution is -0.234. The van der Waals surface area contributed by atoms with Crippen LogP contribution < -0.4 is 5.73 Å². The van der Waals surface area contributed by atoms with E-state index in [0.29, 0.717) is 0 Å². The van der Waals surface area contributed by atoms with Crippen molar-refractivity contribution in [2.24, 2.45) is 5.73 Å². The average Bonchev–Trinajstić information content (AvgIpc) is 2.02. The van der Waals surface area contributed by atoms with E-state index in [0.717, 1.165) is 7.11 Å². The number of carbonyl (C=O) groups is 2. The smallest absolute Gasteiger partial charge is 0.344 e. The van der Waals surface area contributed by atoms with Crippen molar-refractivity contribution in [2.75, 3.05) is 7.11 Å². The Hall–Kier alpha value is -1.14. The quantitative estimate of drug-likeness (QED) is 0.311. The molecule has 6 heteroatoms. The first-order chi connectivity index (χ1) is 5.11. The summed E-state index contributed by atoms with van der Waals surface area (Å²) < 4.78 is 4.20. The SMILES string of the molecule is COC(=O)C(N)CC(=O)OO. The second-order valence-electron chi connectivity index (χ2n) is 1.80. The maximum Gasteiger partial charge on any atom is 0.344 e. The van der Waals surface area contributed by atoms with Gasteiger partial charge >= 0.3 is 11.9 Å². The molecule has 0 aliphatic heterocycles. The highest BCUT2D eigenvalue weighted by atomic mass is 17.1. The highest BCUT2D eigenvalue weighted by Crippen LogP contribution is 1.92. The van der Waals surface area contributed by atoms with Crippen molar-refractivity contribution in [1.82, 2.24) is 0 Å². The van der Waals surface area contributed by atoms with Gasteiger partial charge in [-0.05, 0) is 0 Å². The molecule has 11 heavy (non-hydrogen) atoms. The van der Waals surface area contributed by atoms with Gasteiger partial charge in [-0.25, -0.2) is 4.79 Å². The zero-order chi connectivity index (χ0) is 8.85. The Kier molecular flexibility index (Phi) is 4.16. The Bertz CT molecular complexity index is 157. The zero-order valence-electron chi connectivity index (χ0n) is 5.94. The van der Waals surface area contributed by atoms with E-state index in [1.165, 1.54) is 0 Å². The first kappa shape index (κ1) is 9.86. The summed E-state index contributed by atoms with van der Waals surface area (Å²) in [6, 6.07) is -1.08. The Morgan fingerprint density at radius 2 is 2.18 bits per heavy atom. The average molecular weight is 163 g/mol. The Morgan fingerprint density at radius 1 is 1.64 bits per heavy atom. The Balaban J connectivity index is 3.77. The lowest BCUT2D eigenvalue weighted by Crippen LogP contribution is -2.34. The molecule has 0 aromatic heterocycles. The molecule has 0 heterocycles. The lowest BCUT2D eigenvalue weighted by Gasteiger charge is -2.05. The van der Waals surface area contributed by atoms with E-state index in [2.05, 4.69) is 9.62 Å². The molecule has 0 amide bonds. The fraction of sp³-hybridized carbons (Fsp3) is 0.600. The van der Waals surface area contributed by atoms with Crippen LogP contribution in [0.5, 0.6) is 0 Å². The number of hydrogen-bond acceptors (Lipinski definition) is 6. The van der Waals surface area contributed by atoms with Gasteiger partial charge in [0.05, 0.1) is 13.5 Å². The number of carbonyl (C=O) groups excluding carboxylic acids is 2. The minimum atomic E-state index is -1.08. The topological polar surface area (TPSA) is 98.9 Å². The fourth-order valence-corrected chi connectivity index (χ4v) is 0.452. The molecule has 0 rings (SSSR count). The summed E-state index contributed by atoms with van der Waals surface area (Å²) in [4.78, 5) is 24.1. The van der Waals surface area contributed by atoms with Crippen LogP contribution in [0.2, 0.25) is 0 Å². The normalized spacial score (nSPS) is 11.9. The molecule has 3 N–H and O–H groups in total. The van der Waals surface area contributed by atoms with Gasteiger partial charge in [-0.2, -0.15) is 5.26 Å². The van der Waals surface area contributed by atoms with Crippen LogP contribution >= 0.6 is 0 Å². The third-order valence-electron chi connectivity index (χ3n) is 0.992. The van der Waals surface area contributed by atoms with Gasteiger partial charge in [-0.15, -0.1) is 0 Å². The number of hydrogen-bond donors (Lipinski definition) is 2. The molecule has 0 bridgehead atoms. The Labute approximate surface area is 62.8 Å². The van der Waals surface area contributed by atoms with Crippen molar-refractivity contribution in [3.63, 3.8) is 0 Å². The van der Waals surface area contributed by atoms with Crippen molar-refractivity contribution >= 4 is 11.9 Å². The molecule has 0 saturated carbocycles. The van der Waals surface area contributed by atoms with Crippen LogP contribution in [0.1, 0.15) is 6.42 Å². The van der Waals surface area contributed by atoms with Gasteiger partial charge in [0.15, 0.2) is 0 Å². The van der Waals surface area contributed by atoms with Gasteiger partial charge in [0.25, 0.3) is 0 Å². The minimum absolute atomic E-state index is 0.400. The molecule has 6 nitrogen and oxygen atoms in total. The molecule has 1 unspecified atom stereocenters. The summed E-state index contributed by atoms with van der Waals surface area (Å²) in [5.74, 6) is -1.70. The number of esters is 1. The predicted molar refractivity (Wildman–Crippen MR) is 33.3 cm³/mol. The maximum atomic E-state index is 10.5. The van der Waals surface area contributed by atoms with Crippen LogP contribution in [-0.4, -0.2) is 30.3 Å². The molecular formula is C5H9NO5. The van der Waals surface area contributed by atoms with Crippen LogP contribution in [0.25, 0.3) is 0 Å². The van der Waals surface area contributed by atoms with Crippen LogP contribution in [0, 0.1) is 0 Å². The molecule has 1 atom stereocenters. The van der Waals surface area contributed by atoms with Gasteiger partial charge in [0.1, 0.15) is 6.04 Å². The second kappa shape index (κ2) is 4.64. The van der Waals surface area contributed by atoms with Gasteiger partial charge in [0, 0.05) is 0 Å². The number of nitrogens with two attached hydrogens (primary N) is 1. The molecule has 0 saturated heterocycles. The first-order valence-electron chi connectivity index (χ1n) is 2.79. The highest BCUT2D eigenvalue weighted by molar-refractivity contribution is 5.82. The van der Waals surface area contributed by atoms with E-state index in [1.807, 2.05) is 0 Å². The highest BCUT2D eigenvalue weighted by Gasteiger charge is 2.18. The van der Waals surface area contributed by atoms with Crippen molar-refractivity contribution < 1.29 is 24.5 Å². The largest absolute Gasteiger partial charge is 0.468 e. The molecule has 0 aliphatic carbocycles. The molecular weight excluding hydrogens is 154 g/mol. The summed E-state index contributed by atoms with van der Waals surface area (Å²) in [5.41, 5.74) is 5.12. The van der Waals surface area contributed by atoms with E-state index in [4.69, 9.17) is 11.0 Å².